The number of methoxy groups -OCH3 is 1. The van der Waals surface area contributed by atoms with Gasteiger partial charge in [-0.15, -0.1) is 0 Å². The van der Waals surface area contributed by atoms with E-state index in [-0.39, 0.29) is 17.1 Å². The van der Waals surface area contributed by atoms with E-state index >= 15 is 0 Å². The lowest BCUT2D eigenvalue weighted by atomic mass is 9.65. The first kappa shape index (κ1) is 12.5. The normalized spacial score (nSPS) is 30.4. The van der Waals surface area contributed by atoms with Crippen LogP contribution in [-0.2, 0) is 9.53 Å². The van der Waals surface area contributed by atoms with E-state index in [0.717, 1.165) is 18.4 Å². The number of hydrogen-bond acceptors (Lipinski definition) is 2. The average molecular weight is 256 g/mol. The fraction of sp³-hybridized carbons (Fsp3) is 0.471. The van der Waals surface area contributed by atoms with Crippen molar-refractivity contribution in [2.45, 2.75) is 38.5 Å². The van der Waals surface area contributed by atoms with Gasteiger partial charge in [0, 0.05) is 5.41 Å². The lowest BCUT2D eigenvalue weighted by Gasteiger charge is -2.37. The number of fused-ring (bicyclic) bond motifs is 1. The van der Waals surface area contributed by atoms with Gasteiger partial charge in [-0.05, 0) is 30.4 Å². The molecule has 0 amide bonds. The van der Waals surface area contributed by atoms with Gasteiger partial charge >= 0.3 is 0 Å². The molecule has 1 saturated carbocycles. The van der Waals surface area contributed by atoms with Gasteiger partial charge in [-0.1, -0.05) is 43.7 Å². The minimum absolute atomic E-state index is 0.0397. The SMILES string of the molecule is COC1=C2CCCC[C@@]2(C)[C@@H](c2ccccc2)C1=O. The van der Waals surface area contributed by atoms with Gasteiger partial charge in [0.25, 0.3) is 0 Å². The van der Waals surface area contributed by atoms with Crippen LogP contribution in [0.2, 0.25) is 0 Å². The number of ether oxygens (including phenoxy) is 1. The summed E-state index contributed by atoms with van der Waals surface area (Å²) in [6.07, 6.45) is 4.47. The number of rotatable bonds is 2. The molecule has 0 aromatic heterocycles. The van der Waals surface area contributed by atoms with Gasteiger partial charge < -0.3 is 4.74 Å². The highest BCUT2D eigenvalue weighted by Gasteiger charge is 2.52. The first-order valence-electron chi connectivity index (χ1n) is 7.05. The molecule has 2 aliphatic rings. The summed E-state index contributed by atoms with van der Waals surface area (Å²) in [7, 11) is 1.63. The van der Waals surface area contributed by atoms with Crippen molar-refractivity contribution < 1.29 is 9.53 Å². The van der Waals surface area contributed by atoms with Crippen molar-refractivity contribution in [3.8, 4) is 0 Å². The molecule has 0 saturated heterocycles. The topological polar surface area (TPSA) is 26.3 Å². The molecule has 0 radical (unpaired) electrons. The second-order valence-corrected chi connectivity index (χ2v) is 5.84. The van der Waals surface area contributed by atoms with Crippen LogP contribution >= 0.6 is 0 Å². The molecule has 19 heavy (non-hydrogen) atoms. The summed E-state index contributed by atoms with van der Waals surface area (Å²) < 4.78 is 5.44. The third-order valence-corrected chi connectivity index (χ3v) is 4.80. The quantitative estimate of drug-likeness (QED) is 0.803. The monoisotopic (exact) mass is 256 g/mol. The Kier molecular flexibility index (Phi) is 2.96. The number of Topliss-reactive ketones (excluding diaryl/α,β-unsaturated/α-hetero) is 1. The van der Waals surface area contributed by atoms with Gasteiger partial charge in [-0.2, -0.15) is 0 Å². The van der Waals surface area contributed by atoms with Gasteiger partial charge in [0.05, 0.1) is 13.0 Å². The van der Waals surface area contributed by atoms with E-state index in [1.165, 1.54) is 18.4 Å². The standard InChI is InChI=1S/C17H20O2/c1-17-11-7-6-10-13(17)16(19-2)15(18)14(17)12-8-4-3-5-9-12/h3-5,8-9,14H,6-7,10-11H2,1-2H3/t14-,17+/m0/s1. The smallest absolute Gasteiger partial charge is 0.205 e. The van der Waals surface area contributed by atoms with Crippen LogP contribution in [0.1, 0.15) is 44.1 Å². The Morgan fingerprint density at radius 1 is 1.21 bits per heavy atom. The molecule has 1 aromatic carbocycles. The molecule has 1 aromatic rings. The highest BCUT2D eigenvalue weighted by Crippen LogP contribution is 2.57. The summed E-state index contributed by atoms with van der Waals surface area (Å²) in [5.74, 6) is 0.753. The summed E-state index contributed by atoms with van der Waals surface area (Å²) in [5.41, 5.74) is 2.34. The van der Waals surface area contributed by atoms with Crippen LogP contribution in [0.15, 0.2) is 41.7 Å². The second kappa shape index (κ2) is 4.52. The number of allylic oxidation sites excluding steroid dienone is 2. The van der Waals surface area contributed by atoms with E-state index in [4.69, 9.17) is 4.74 Å². The Bertz CT molecular complexity index is 529. The molecule has 0 unspecified atom stereocenters. The predicted molar refractivity (Wildman–Crippen MR) is 74.8 cm³/mol. The minimum Gasteiger partial charge on any atom is -0.493 e. The molecule has 0 bridgehead atoms. The van der Waals surface area contributed by atoms with E-state index in [0.29, 0.717) is 5.76 Å². The van der Waals surface area contributed by atoms with Crippen LogP contribution in [0.25, 0.3) is 0 Å². The van der Waals surface area contributed by atoms with E-state index in [1.807, 2.05) is 18.2 Å². The maximum absolute atomic E-state index is 12.7. The molecule has 2 nitrogen and oxygen atoms in total. The van der Waals surface area contributed by atoms with Crippen molar-refractivity contribution in [2.24, 2.45) is 5.41 Å². The zero-order valence-electron chi connectivity index (χ0n) is 11.6. The van der Waals surface area contributed by atoms with Crippen LogP contribution in [0.4, 0.5) is 0 Å². The second-order valence-electron chi connectivity index (χ2n) is 5.84. The first-order chi connectivity index (χ1) is 9.18. The van der Waals surface area contributed by atoms with Gasteiger partial charge in [0.1, 0.15) is 0 Å². The minimum atomic E-state index is -0.0565. The van der Waals surface area contributed by atoms with Crippen molar-refractivity contribution in [2.75, 3.05) is 7.11 Å². The molecule has 1 fully saturated rings. The number of hydrogen-bond donors (Lipinski definition) is 0. The van der Waals surface area contributed by atoms with Gasteiger partial charge in [0.2, 0.25) is 5.78 Å². The van der Waals surface area contributed by atoms with Crippen LogP contribution in [-0.4, -0.2) is 12.9 Å². The van der Waals surface area contributed by atoms with Crippen LogP contribution in [0.3, 0.4) is 0 Å². The molecule has 3 rings (SSSR count). The highest BCUT2D eigenvalue weighted by molar-refractivity contribution is 6.03. The zero-order chi connectivity index (χ0) is 13.5. The lowest BCUT2D eigenvalue weighted by molar-refractivity contribution is -0.120. The molecular formula is C17H20O2. The maximum Gasteiger partial charge on any atom is 0.205 e. The Balaban J connectivity index is 2.10. The molecule has 2 heteroatoms. The highest BCUT2D eigenvalue weighted by atomic mass is 16.5. The largest absolute Gasteiger partial charge is 0.493 e. The van der Waals surface area contributed by atoms with Gasteiger partial charge in [-0.3, -0.25) is 4.79 Å². The average Bonchev–Trinajstić information content (AvgIpc) is 2.66. The molecule has 0 spiro atoms. The first-order valence-corrected chi connectivity index (χ1v) is 7.05. The maximum atomic E-state index is 12.7. The van der Waals surface area contributed by atoms with E-state index < -0.39 is 0 Å². The van der Waals surface area contributed by atoms with Crippen molar-refractivity contribution in [3.05, 3.63) is 47.2 Å². The van der Waals surface area contributed by atoms with E-state index in [2.05, 4.69) is 19.1 Å². The number of carbonyl (C=O) groups is 1. The van der Waals surface area contributed by atoms with Crippen LogP contribution in [0, 0.1) is 5.41 Å². The Hall–Kier alpha value is -1.57. The van der Waals surface area contributed by atoms with Gasteiger partial charge in [0.15, 0.2) is 5.76 Å². The summed E-state index contributed by atoms with van der Waals surface area (Å²) in [6, 6.07) is 10.2. The molecule has 0 heterocycles. The third kappa shape index (κ3) is 1.73. The summed E-state index contributed by atoms with van der Waals surface area (Å²) in [4.78, 5) is 12.7. The van der Waals surface area contributed by atoms with Crippen LogP contribution < -0.4 is 0 Å². The van der Waals surface area contributed by atoms with Crippen molar-refractivity contribution in [1.29, 1.82) is 0 Å². The predicted octanol–water partition coefficient (Wildman–Crippen LogP) is 3.83. The van der Waals surface area contributed by atoms with Crippen molar-refractivity contribution >= 4 is 5.78 Å². The Morgan fingerprint density at radius 3 is 2.63 bits per heavy atom. The Labute approximate surface area is 114 Å². The Morgan fingerprint density at radius 2 is 1.95 bits per heavy atom. The molecule has 0 N–H and O–H groups in total. The fourth-order valence-electron chi connectivity index (χ4n) is 3.88. The third-order valence-electron chi connectivity index (χ3n) is 4.80. The molecule has 2 atom stereocenters. The number of carbonyl (C=O) groups excluding carboxylic acids is 1. The van der Waals surface area contributed by atoms with E-state index in [9.17, 15) is 4.79 Å². The summed E-state index contributed by atoms with van der Waals surface area (Å²) >= 11 is 0. The van der Waals surface area contributed by atoms with Gasteiger partial charge in [-0.25, -0.2) is 0 Å². The molecule has 100 valence electrons. The van der Waals surface area contributed by atoms with Crippen molar-refractivity contribution in [1.82, 2.24) is 0 Å². The number of ketones is 1. The van der Waals surface area contributed by atoms with Crippen molar-refractivity contribution in [3.63, 3.8) is 0 Å². The molecule has 2 aliphatic carbocycles. The molecular weight excluding hydrogens is 236 g/mol. The number of benzene rings is 1. The lowest BCUT2D eigenvalue weighted by Crippen LogP contribution is -2.29. The summed E-state index contributed by atoms with van der Waals surface area (Å²) in [5, 5.41) is 0. The summed E-state index contributed by atoms with van der Waals surface area (Å²) in [6.45, 7) is 2.24. The fourth-order valence-corrected chi connectivity index (χ4v) is 3.88. The van der Waals surface area contributed by atoms with Crippen LogP contribution in [0.5, 0.6) is 0 Å². The molecule has 0 aliphatic heterocycles. The zero-order valence-corrected chi connectivity index (χ0v) is 11.6. The van der Waals surface area contributed by atoms with E-state index in [1.54, 1.807) is 7.11 Å².